The van der Waals surface area contributed by atoms with Gasteiger partial charge in [-0.05, 0) is 13.8 Å². The van der Waals surface area contributed by atoms with Crippen molar-refractivity contribution in [2.24, 2.45) is 0 Å². The molecule has 0 saturated heterocycles. The lowest BCUT2D eigenvalue weighted by Gasteiger charge is -1.97. The standard InChI is InChI=1S/C8H14N2O/c1-3-10-5-4-8(9-10)6-7(2)11/h4-5,7,11H,3,6H2,1-2H3/p+1. The first kappa shape index (κ1) is 8.27. The molecule has 1 unspecified atom stereocenters. The highest BCUT2D eigenvalue weighted by molar-refractivity contribution is 4.95. The second-order valence-corrected chi connectivity index (χ2v) is 2.79. The molecule has 3 heteroatoms. The average molecular weight is 155 g/mol. The Morgan fingerprint density at radius 1 is 1.73 bits per heavy atom. The number of nitrogens with one attached hydrogen (secondary N) is 1. The number of aryl methyl sites for hydroxylation is 1. The zero-order chi connectivity index (χ0) is 8.27. The van der Waals surface area contributed by atoms with Crippen molar-refractivity contribution >= 4 is 0 Å². The molecule has 3 nitrogen and oxygen atoms in total. The second-order valence-electron chi connectivity index (χ2n) is 2.79. The van der Waals surface area contributed by atoms with Gasteiger partial charge < -0.3 is 5.11 Å². The molecule has 11 heavy (non-hydrogen) atoms. The molecular formula is C8H15N2O+. The largest absolute Gasteiger partial charge is 0.393 e. The number of aliphatic hydroxyl groups excluding tert-OH is 1. The normalized spacial score (nSPS) is 13.4. The summed E-state index contributed by atoms with van der Waals surface area (Å²) < 4.78 is 1.98. The molecule has 0 aliphatic rings. The van der Waals surface area contributed by atoms with Gasteiger partial charge in [-0.3, -0.25) is 0 Å². The number of rotatable bonds is 3. The van der Waals surface area contributed by atoms with Crippen molar-refractivity contribution in [3.05, 3.63) is 18.0 Å². The SMILES string of the molecule is CC[n+]1ccc(CC(C)O)[nH]1. The number of nitrogens with zero attached hydrogens (tertiary/aromatic N) is 1. The van der Waals surface area contributed by atoms with E-state index in [2.05, 4.69) is 12.0 Å². The van der Waals surface area contributed by atoms with Crippen molar-refractivity contribution < 1.29 is 9.79 Å². The van der Waals surface area contributed by atoms with Gasteiger partial charge >= 0.3 is 0 Å². The number of aromatic amines is 1. The van der Waals surface area contributed by atoms with Crippen molar-refractivity contribution in [3.8, 4) is 0 Å². The van der Waals surface area contributed by atoms with E-state index in [0.29, 0.717) is 6.42 Å². The molecule has 0 aliphatic heterocycles. The van der Waals surface area contributed by atoms with E-state index in [1.54, 1.807) is 6.92 Å². The predicted molar refractivity (Wildman–Crippen MR) is 42.0 cm³/mol. The maximum atomic E-state index is 9.06. The van der Waals surface area contributed by atoms with Crippen LogP contribution in [0.15, 0.2) is 12.3 Å². The molecule has 0 saturated carbocycles. The Morgan fingerprint density at radius 3 is 2.91 bits per heavy atom. The van der Waals surface area contributed by atoms with Crippen LogP contribution in [0.4, 0.5) is 0 Å². The monoisotopic (exact) mass is 155 g/mol. The lowest BCUT2D eigenvalue weighted by atomic mass is 10.2. The van der Waals surface area contributed by atoms with E-state index >= 15 is 0 Å². The zero-order valence-corrected chi connectivity index (χ0v) is 7.04. The summed E-state index contributed by atoms with van der Waals surface area (Å²) in [5.74, 6) is 0. The van der Waals surface area contributed by atoms with Crippen LogP contribution in [0.5, 0.6) is 0 Å². The van der Waals surface area contributed by atoms with Crippen molar-refractivity contribution in [1.82, 2.24) is 5.10 Å². The van der Waals surface area contributed by atoms with Gasteiger partial charge in [-0.25, -0.2) is 0 Å². The lowest BCUT2D eigenvalue weighted by Crippen LogP contribution is -2.33. The molecule has 1 atom stereocenters. The maximum absolute atomic E-state index is 9.06. The molecule has 1 rings (SSSR count). The summed E-state index contributed by atoms with van der Waals surface area (Å²) in [6.07, 6.45) is 2.42. The van der Waals surface area contributed by atoms with Crippen LogP contribution in [-0.4, -0.2) is 16.3 Å². The highest BCUT2D eigenvalue weighted by Crippen LogP contribution is 1.95. The third-order valence-electron chi connectivity index (χ3n) is 1.60. The Balaban J connectivity index is 2.58. The smallest absolute Gasteiger partial charge is 0.195 e. The van der Waals surface area contributed by atoms with Gasteiger partial charge in [0.1, 0.15) is 0 Å². The average Bonchev–Trinajstić information content (AvgIpc) is 2.34. The highest BCUT2D eigenvalue weighted by Gasteiger charge is 2.04. The molecule has 0 bridgehead atoms. The van der Waals surface area contributed by atoms with Crippen molar-refractivity contribution in [3.63, 3.8) is 0 Å². The summed E-state index contributed by atoms with van der Waals surface area (Å²) in [5, 5.41) is 12.2. The van der Waals surface area contributed by atoms with Crippen LogP contribution < -0.4 is 4.68 Å². The molecule has 62 valence electrons. The molecular weight excluding hydrogens is 140 g/mol. The van der Waals surface area contributed by atoms with Crippen LogP contribution in [0.25, 0.3) is 0 Å². The van der Waals surface area contributed by atoms with Gasteiger partial charge in [0.25, 0.3) is 0 Å². The molecule has 0 aliphatic carbocycles. The molecule has 0 amide bonds. The number of hydrogen-bond donors (Lipinski definition) is 2. The first-order valence-corrected chi connectivity index (χ1v) is 3.97. The van der Waals surface area contributed by atoms with Gasteiger partial charge in [0.2, 0.25) is 0 Å². The number of aromatic nitrogens is 2. The summed E-state index contributed by atoms with van der Waals surface area (Å²) in [7, 11) is 0. The number of aliphatic hydroxyl groups is 1. The first-order valence-electron chi connectivity index (χ1n) is 3.97. The van der Waals surface area contributed by atoms with Crippen molar-refractivity contribution in [2.45, 2.75) is 32.9 Å². The molecule has 0 radical (unpaired) electrons. The molecule has 1 heterocycles. The van der Waals surface area contributed by atoms with Gasteiger partial charge in [-0.2, -0.15) is 5.10 Å². The van der Waals surface area contributed by atoms with Gasteiger partial charge in [-0.1, -0.05) is 0 Å². The van der Waals surface area contributed by atoms with Crippen LogP contribution in [0.3, 0.4) is 0 Å². The summed E-state index contributed by atoms with van der Waals surface area (Å²) in [4.78, 5) is 0. The van der Waals surface area contributed by atoms with Gasteiger partial charge in [0, 0.05) is 12.5 Å². The van der Waals surface area contributed by atoms with Crippen molar-refractivity contribution in [2.75, 3.05) is 0 Å². The number of H-pyrrole nitrogens is 1. The Labute approximate surface area is 66.7 Å². The van der Waals surface area contributed by atoms with Crippen LogP contribution in [0.1, 0.15) is 19.5 Å². The van der Waals surface area contributed by atoms with E-state index in [9.17, 15) is 0 Å². The third-order valence-corrected chi connectivity index (χ3v) is 1.60. The molecule has 0 spiro atoms. The molecule has 0 fully saturated rings. The Kier molecular flexibility index (Phi) is 2.65. The second kappa shape index (κ2) is 3.53. The lowest BCUT2D eigenvalue weighted by molar-refractivity contribution is -0.747. The molecule has 1 aromatic heterocycles. The fourth-order valence-corrected chi connectivity index (χ4v) is 1.06. The number of hydrogen-bond acceptors (Lipinski definition) is 1. The van der Waals surface area contributed by atoms with E-state index < -0.39 is 0 Å². The summed E-state index contributed by atoms with van der Waals surface area (Å²) in [6.45, 7) is 4.81. The third kappa shape index (κ3) is 2.35. The van der Waals surface area contributed by atoms with E-state index in [-0.39, 0.29) is 6.10 Å². The minimum Gasteiger partial charge on any atom is -0.393 e. The van der Waals surface area contributed by atoms with Gasteiger partial charge in [0.15, 0.2) is 12.7 Å². The topological polar surface area (TPSA) is 39.9 Å². The summed E-state index contributed by atoms with van der Waals surface area (Å²) >= 11 is 0. The highest BCUT2D eigenvalue weighted by atomic mass is 16.3. The van der Waals surface area contributed by atoms with Gasteiger partial charge in [0.05, 0.1) is 11.8 Å². The van der Waals surface area contributed by atoms with E-state index in [4.69, 9.17) is 5.11 Å². The zero-order valence-electron chi connectivity index (χ0n) is 7.04. The quantitative estimate of drug-likeness (QED) is 0.603. The fourth-order valence-electron chi connectivity index (χ4n) is 1.06. The molecule has 2 N–H and O–H groups in total. The Bertz CT molecular complexity index is 218. The maximum Gasteiger partial charge on any atom is 0.195 e. The van der Waals surface area contributed by atoms with Gasteiger partial charge in [-0.15, -0.1) is 4.68 Å². The molecule has 0 aromatic carbocycles. The molecule has 1 aromatic rings. The first-order chi connectivity index (χ1) is 5.22. The fraction of sp³-hybridized carbons (Fsp3) is 0.625. The van der Waals surface area contributed by atoms with E-state index in [1.807, 2.05) is 16.9 Å². The minimum atomic E-state index is -0.265. The van der Waals surface area contributed by atoms with Crippen LogP contribution >= 0.6 is 0 Å². The van der Waals surface area contributed by atoms with Crippen molar-refractivity contribution in [1.29, 1.82) is 0 Å². The Morgan fingerprint density at radius 2 is 2.45 bits per heavy atom. The predicted octanol–water partition coefficient (Wildman–Crippen LogP) is 0.245. The summed E-state index contributed by atoms with van der Waals surface area (Å²) in [6, 6.07) is 2.00. The van der Waals surface area contributed by atoms with E-state index in [0.717, 1.165) is 12.2 Å². The Hall–Kier alpha value is -0.830. The minimum absolute atomic E-state index is 0.265. The van der Waals surface area contributed by atoms with E-state index in [1.165, 1.54) is 0 Å². The van der Waals surface area contributed by atoms with Crippen LogP contribution in [-0.2, 0) is 13.0 Å². The van der Waals surface area contributed by atoms with Crippen LogP contribution in [0.2, 0.25) is 0 Å². The summed E-state index contributed by atoms with van der Waals surface area (Å²) in [5.41, 5.74) is 1.09. The van der Waals surface area contributed by atoms with Crippen LogP contribution in [0, 0.1) is 0 Å².